The highest BCUT2D eigenvalue weighted by molar-refractivity contribution is 5.78. The van der Waals surface area contributed by atoms with E-state index in [2.05, 4.69) is 5.43 Å². The maximum atomic E-state index is 11.0. The number of benzene rings is 1. The average molecular weight is 244 g/mol. The molecule has 1 rings (SSSR count). The van der Waals surface area contributed by atoms with Crippen LogP contribution in [0.2, 0.25) is 0 Å². The molecule has 1 atom stereocenters. The maximum absolute atomic E-state index is 11.0. The van der Waals surface area contributed by atoms with Crippen molar-refractivity contribution in [3.63, 3.8) is 0 Å². The zero-order valence-corrected chi connectivity index (χ0v) is 9.27. The molecule has 0 aliphatic heterocycles. The summed E-state index contributed by atoms with van der Waals surface area (Å²) in [5, 5.41) is 27.3. The highest BCUT2D eigenvalue weighted by atomic mass is 16.4. The molecule has 0 saturated heterocycles. The van der Waals surface area contributed by atoms with E-state index in [0.717, 1.165) is 0 Å². The quantitative estimate of drug-likeness (QED) is 0.264. The lowest BCUT2D eigenvalue weighted by Crippen LogP contribution is -2.54. The van der Waals surface area contributed by atoms with E-state index in [0.29, 0.717) is 5.56 Å². The van der Waals surface area contributed by atoms with Crippen LogP contribution in [-0.4, -0.2) is 32.3 Å². The molecule has 0 radical (unpaired) electrons. The monoisotopic (exact) mass is 244 g/mol. The number of carboxylic acids is 1. The first-order valence-electron chi connectivity index (χ1n) is 4.61. The molecular formula is C10H16N2O5. The Morgan fingerprint density at radius 1 is 1.41 bits per heavy atom. The van der Waals surface area contributed by atoms with Crippen molar-refractivity contribution in [2.45, 2.75) is 18.9 Å². The zero-order chi connectivity index (χ0) is 12.3. The lowest BCUT2D eigenvalue weighted by molar-refractivity contribution is -0.144. The number of phenols is 2. The highest BCUT2D eigenvalue weighted by Gasteiger charge is 2.32. The number of hydrogen-bond donors (Lipinski definition) is 5. The molecular weight excluding hydrogens is 228 g/mol. The summed E-state index contributed by atoms with van der Waals surface area (Å²) in [5.41, 5.74) is 1.45. The SMILES string of the molecule is CC(Cc1ccc(O)c(O)c1)(NN)C(=O)O.O. The van der Waals surface area contributed by atoms with Crippen molar-refractivity contribution in [2.75, 3.05) is 0 Å². The van der Waals surface area contributed by atoms with Crippen LogP contribution in [0.25, 0.3) is 0 Å². The normalized spacial score (nSPS) is 13.5. The minimum absolute atomic E-state index is 0. The third kappa shape index (κ3) is 3.31. The second kappa shape index (κ2) is 5.48. The van der Waals surface area contributed by atoms with E-state index in [4.69, 9.17) is 16.1 Å². The molecule has 0 heterocycles. The van der Waals surface area contributed by atoms with Crippen LogP contribution in [0.15, 0.2) is 18.2 Å². The first-order valence-corrected chi connectivity index (χ1v) is 4.61. The zero-order valence-electron chi connectivity index (χ0n) is 9.27. The van der Waals surface area contributed by atoms with Gasteiger partial charge in [-0.15, -0.1) is 0 Å². The second-order valence-electron chi connectivity index (χ2n) is 3.78. The molecule has 17 heavy (non-hydrogen) atoms. The number of aliphatic carboxylic acids is 1. The van der Waals surface area contributed by atoms with Gasteiger partial charge in [0.25, 0.3) is 0 Å². The molecule has 1 aromatic rings. The van der Waals surface area contributed by atoms with Crippen LogP contribution < -0.4 is 11.3 Å². The van der Waals surface area contributed by atoms with Gasteiger partial charge in [-0.2, -0.15) is 0 Å². The van der Waals surface area contributed by atoms with Gasteiger partial charge in [-0.3, -0.25) is 10.6 Å². The van der Waals surface area contributed by atoms with Gasteiger partial charge in [0.05, 0.1) is 0 Å². The Balaban J connectivity index is 0.00000256. The van der Waals surface area contributed by atoms with E-state index in [1.54, 1.807) is 0 Å². The van der Waals surface area contributed by atoms with Gasteiger partial charge in [-0.05, 0) is 24.6 Å². The van der Waals surface area contributed by atoms with Crippen LogP contribution in [0.3, 0.4) is 0 Å². The topological polar surface area (TPSA) is 147 Å². The van der Waals surface area contributed by atoms with Crippen molar-refractivity contribution >= 4 is 5.97 Å². The van der Waals surface area contributed by atoms with E-state index < -0.39 is 11.5 Å². The van der Waals surface area contributed by atoms with Crippen molar-refractivity contribution in [2.24, 2.45) is 5.84 Å². The molecule has 7 heteroatoms. The molecule has 0 aliphatic carbocycles. The average Bonchev–Trinajstić information content (AvgIpc) is 2.23. The van der Waals surface area contributed by atoms with Crippen LogP contribution in [0.1, 0.15) is 12.5 Å². The first kappa shape index (κ1) is 15.2. The van der Waals surface area contributed by atoms with Crippen molar-refractivity contribution in [1.29, 1.82) is 0 Å². The summed E-state index contributed by atoms with van der Waals surface area (Å²) in [4.78, 5) is 11.0. The summed E-state index contributed by atoms with van der Waals surface area (Å²) in [7, 11) is 0. The Labute approximate surface area is 97.8 Å². The van der Waals surface area contributed by atoms with Crippen molar-refractivity contribution in [3.8, 4) is 11.5 Å². The van der Waals surface area contributed by atoms with E-state index in [-0.39, 0.29) is 23.4 Å². The van der Waals surface area contributed by atoms with Gasteiger partial charge < -0.3 is 20.8 Å². The third-order valence-corrected chi connectivity index (χ3v) is 2.39. The Bertz CT molecular complexity index is 410. The number of carbonyl (C=O) groups is 1. The van der Waals surface area contributed by atoms with Gasteiger partial charge in [0.2, 0.25) is 0 Å². The Morgan fingerprint density at radius 2 is 2.00 bits per heavy atom. The summed E-state index contributed by atoms with van der Waals surface area (Å²) in [5.74, 6) is 3.55. The van der Waals surface area contributed by atoms with Gasteiger partial charge in [-0.1, -0.05) is 6.07 Å². The number of phenolic OH excluding ortho intramolecular Hbond substituents is 2. The minimum atomic E-state index is -1.32. The maximum Gasteiger partial charge on any atom is 0.325 e. The fourth-order valence-electron chi connectivity index (χ4n) is 1.28. The number of hydrogen-bond acceptors (Lipinski definition) is 5. The van der Waals surface area contributed by atoms with Crippen LogP contribution in [-0.2, 0) is 11.2 Å². The Hall–Kier alpha value is -1.83. The van der Waals surface area contributed by atoms with Crippen LogP contribution in [0.5, 0.6) is 11.5 Å². The number of carboxylic acid groups (broad SMARTS) is 1. The summed E-state index contributed by atoms with van der Waals surface area (Å²) in [6, 6.07) is 4.12. The summed E-state index contributed by atoms with van der Waals surface area (Å²) >= 11 is 0. The Kier molecular flexibility index (Phi) is 4.89. The molecule has 0 aromatic heterocycles. The fraction of sp³-hybridized carbons (Fsp3) is 0.300. The smallest absolute Gasteiger partial charge is 0.325 e. The molecule has 0 bridgehead atoms. The molecule has 1 unspecified atom stereocenters. The number of nitrogens with two attached hydrogens (primary N) is 1. The number of hydrazine groups is 1. The molecule has 1 aromatic carbocycles. The largest absolute Gasteiger partial charge is 0.504 e. The summed E-state index contributed by atoms with van der Waals surface area (Å²) in [6.45, 7) is 1.43. The van der Waals surface area contributed by atoms with Crippen LogP contribution >= 0.6 is 0 Å². The summed E-state index contributed by atoms with van der Waals surface area (Å²) in [6.07, 6.45) is 0.0900. The lowest BCUT2D eigenvalue weighted by atomic mass is 9.93. The molecule has 8 N–H and O–H groups in total. The number of rotatable bonds is 4. The second-order valence-corrected chi connectivity index (χ2v) is 3.78. The van der Waals surface area contributed by atoms with E-state index >= 15 is 0 Å². The first-order chi connectivity index (χ1) is 7.39. The fourth-order valence-corrected chi connectivity index (χ4v) is 1.28. The molecule has 96 valence electrons. The van der Waals surface area contributed by atoms with E-state index in [1.807, 2.05) is 0 Å². The standard InChI is InChI=1S/C10H14N2O4.H2O/c1-10(12-11,9(15)16)5-6-2-3-7(13)8(14)4-6;/h2-4,12-14H,5,11H2,1H3,(H,15,16);1H2. The highest BCUT2D eigenvalue weighted by Crippen LogP contribution is 2.26. The molecule has 0 spiro atoms. The molecule has 0 saturated carbocycles. The molecule has 0 aliphatic rings. The third-order valence-electron chi connectivity index (χ3n) is 2.39. The van der Waals surface area contributed by atoms with E-state index in [1.165, 1.54) is 25.1 Å². The van der Waals surface area contributed by atoms with Crippen LogP contribution in [0.4, 0.5) is 0 Å². The van der Waals surface area contributed by atoms with Crippen molar-refractivity contribution < 1.29 is 25.6 Å². The Morgan fingerprint density at radius 3 is 2.41 bits per heavy atom. The van der Waals surface area contributed by atoms with Gasteiger partial charge in [0.1, 0.15) is 5.54 Å². The van der Waals surface area contributed by atoms with Gasteiger partial charge in [-0.25, -0.2) is 5.43 Å². The van der Waals surface area contributed by atoms with Gasteiger partial charge in [0.15, 0.2) is 11.5 Å². The number of aromatic hydroxyl groups is 2. The van der Waals surface area contributed by atoms with Crippen molar-refractivity contribution in [1.82, 2.24) is 5.43 Å². The predicted molar refractivity (Wildman–Crippen MR) is 60.5 cm³/mol. The van der Waals surface area contributed by atoms with E-state index in [9.17, 15) is 9.90 Å². The van der Waals surface area contributed by atoms with Gasteiger partial charge in [0, 0.05) is 6.42 Å². The minimum Gasteiger partial charge on any atom is -0.504 e. The van der Waals surface area contributed by atoms with Gasteiger partial charge >= 0.3 is 5.97 Å². The lowest BCUT2D eigenvalue weighted by Gasteiger charge is -2.23. The molecule has 0 fully saturated rings. The molecule has 7 nitrogen and oxygen atoms in total. The summed E-state index contributed by atoms with van der Waals surface area (Å²) < 4.78 is 0. The molecule has 0 amide bonds. The predicted octanol–water partition coefficient (Wildman–Crippen LogP) is -0.878. The van der Waals surface area contributed by atoms with Crippen LogP contribution in [0, 0.1) is 0 Å². The van der Waals surface area contributed by atoms with Crippen molar-refractivity contribution in [3.05, 3.63) is 23.8 Å². The number of nitrogens with one attached hydrogen (secondary N) is 1.